The summed E-state index contributed by atoms with van der Waals surface area (Å²) in [4.78, 5) is 0. The van der Waals surface area contributed by atoms with E-state index in [4.69, 9.17) is 16.3 Å². The van der Waals surface area contributed by atoms with Gasteiger partial charge in [-0.25, -0.2) is 12.7 Å². The Morgan fingerprint density at radius 2 is 2.00 bits per heavy atom. The van der Waals surface area contributed by atoms with Crippen molar-refractivity contribution in [1.82, 2.24) is 4.31 Å². The van der Waals surface area contributed by atoms with Gasteiger partial charge in [-0.15, -0.1) is 11.6 Å². The Hall–Kier alpha value is 0.160. The summed E-state index contributed by atoms with van der Waals surface area (Å²) in [5.74, 6) is 0. The van der Waals surface area contributed by atoms with Gasteiger partial charge in [-0.05, 0) is 19.8 Å². The van der Waals surface area contributed by atoms with Crippen molar-refractivity contribution < 1.29 is 13.2 Å². The first-order valence-corrected chi connectivity index (χ1v) is 6.90. The molecule has 0 radical (unpaired) electrons. The van der Waals surface area contributed by atoms with E-state index in [1.807, 2.05) is 6.92 Å². The van der Waals surface area contributed by atoms with Crippen LogP contribution in [0.25, 0.3) is 0 Å². The van der Waals surface area contributed by atoms with Crippen LogP contribution in [0.3, 0.4) is 0 Å². The van der Waals surface area contributed by atoms with Crippen molar-refractivity contribution in [2.45, 2.75) is 25.9 Å². The van der Waals surface area contributed by atoms with E-state index in [9.17, 15) is 8.42 Å². The number of alkyl halides is 1. The zero-order chi connectivity index (χ0) is 10.6. The van der Waals surface area contributed by atoms with Gasteiger partial charge in [-0.2, -0.15) is 0 Å². The summed E-state index contributed by atoms with van der Waals surface area (Å²) >= 11 is 5.36. The molecule has 0 aromatic carbocycles. The summed E-state index contributed by atoms with van der Waals surface area (Å²) in [6, 6.07) is 0. The van der Waals surface area contributed by atoms with Gasteiger partial charge in [0.2, 0.25) is 10.0 Å². The predicted octanol–water partition coefficient (Wildman–Crippen LogP) is 1.01. The molecule has 1 aliphatic rings. The molecule has 0 N–H and O–H groups in total. The van der Waals surface area contributed by atoms with Crippen molar-refractivity contribution in [2.24, 2.45) is 0 Å². The van der Waals surface area contributed by atoms with E-state index in [-0.39, 0.29) is 11.3 Å². The molecule has 0 amide bonds. The lowest BCUT2D eigenvalue weighted by Gasteiger charge is -2.30. The first kappa shape index (κ1) is 12.2. The van der Waals surface area contributed by atoms with Gasteiger partial charge in [0.1, 0.15) is 5.21 Å². The van der Waals surface area contributed by atoms with Crippen LogP contribution in [-0.4, -0.2) is 43.7 Å². The molecule has 0 aromatic rings. The Balaban J connectivity index is 2.43. The number of nitrogens with zero attached hydrogens (tertiary/aromatic N) is 1. The van der Waals surface area contributed by atoms with Gasteiger partial charge in [-0.3, -0.25) is 0 Å². The van der Waals surface area contributed by atoms with Crippen LogP contribution in [0.1, 0.15) is 19.8 Å². The molecular formula is C8H16ClNO3S. The molecule has 14 heavy (non-hydrogen) atoms. The fourth-order valence-electron chi connectivity index (χ4n) is 1.58. The number of halogens is 1. The summed E-state index contributed by atoms with van der Waals surface area (Å²) in [5, 5.41) is -0.327. The normalized spacial score (nSPS) is 21.3. The third-order valence-electron chi connectivity index (χ3n) is 2.33. The molecule has 1 rings (SSSR count). The largest absolute Gasteiger partial charge is 0.378 e. The van der Waals surface area contributed by atoms with Crippen molar-refractivity contribution in [3.05, 3.63) is 0 Å². The summed E-state index contributed by atoms with van der Waals surface area (Å²) in [6.07, 6.45) is 1.75. The van der Waals surface area contributed by atoms with Gasteiger partial charge in [0.25, 0.3) is 0 Å². The quantitative estimate of drug-likeness (QED) is 0.691. The van der Waals surface area contributed by atoms with Crippen molar-refractivity contribution in [3.63, 3.8) is 0 Å². The second kappa shape index (κ2) is 5.30. The molecule has 0 saturated carbocycles. The average Bonchev–Trinajstić information content (AvgIpc) is 2.19. The monoisotopic (exact) mass is 241 g/mol. The fraction of sp³-hybridized carbons (Fsp3) is 1.00. The van der Waals surface area contributed by atoms with E-state index < -0.39 is 10.0 Å². The summed E-state index contributed by atoms with van der Waals surface area (Å²) in [5.41, 5.74) is 0. The maximum Gasteiger partial charge on any atom is 0.228 e. The highest BCUT2D eigenvalue weighted by Crippen LogP contribution is 2.17. The Morgan fingerprint density at radius 1 is 1.43 bits per heavy atom. The third-order valence-corrected chi connectivity index (χ3v) is 4.59. The van der Waals surface area contributed by atoms with Crippen LogP contribution in [0.15, 0.2) is 0 Å². The minimum absolute atomic E-state index is 0.210. The van der Waals surface area contributed by atoms with E-state index in [2.05, 4.69) is 0 Å². The standard InChI is InChI=1S/C8H16ClNO3S/c1-2-13-8-3-5-10(6-4-8)14(11,12)7-9/h8H,2-7H2,1H3. The SMILES string of the molecule is CCOC1CCN(S(=O)(=O)CCl)CC1. The van der Waals surface area contributed by atoms with Crippen LogP contribution in [-0.2, 0) is 14.8 Å². The van der Waals surface area contributed by atoms with Crippen molar-refractivity contribution in [3.8, 4) is 0 Å². The fourth-order valence-corrected chi connectivity index (χ4v) is 2.90. The molecule has 6 heteroatoms. The van der Waals surface area contributed by atoms with Crippen molar-refractivity contribution in [1.29, 1.82) is 0 Å². The molecule has 0 spiro atoms. The Morgan fingerprint density at radius 3 is 2.43 bits per heavy atom. The lowest BCUT2D eigenvalue weighted by Crippen LogP contribution is -2.41. The van der Waals surface area contributed by atoms with Crippen LogP contribution < -0.4 is 0 Å². The summed E-state index contributed by atoms with van der Waals surface area (Å²) in [6.45, 7) is 3.69. The Kier molecular flexibility index (Phi) is 4.63. The number of rotatable bonds is 4. The lowest BCUT2D eigenvalue weighted by atomic mass is 10.1. The summed E-state index contributed by atoms with van der Waals surface area (Å²) in [7, 11) is -3.22. The molecule has 0 unspecified atom stereocenters. The smallest absolute Gasteiger partial charge is 0.228 e. The third kappa shape index (κ3) is 3.08. The molecule has 1 fully saturated rings. The lowest BCUT2D eigenvalue weighted by molar-refractivity contribution is 0.0291. The average molecular weight is 242 g/mol. The van der Waals surface area contributed by atoms with Crippen LogP contribution in [0.2, 0.25) is 0 Å². The highest BCUT2D eigenvalue weighted by molar-refractivity contribution is 7.90. The number of piperidine rings is 1. The van der Waals surface area contributed by atoms with E-state index in [0.717, 1.165) is 12.8 Å². The van der Waals surface area contributed by atoms with Gasteiger partial charge >= 0.3 is 0 Å². The molecule has 4 nitrogen and oxygen atoms in total. The number of hydrogen-bond donors (Lipinski definition) is 0. The minimum Gasteiger partial charge on any atom is -0.378 e. The zero-order valence-electron chi connectivity index (χ0n) is 8.28. The Bertz CT molecular complexity index is 260. The van der Waals surface area contributed by atoms with E-state index in [1.54, 1.807) is 0 Å². The van der Waals surface area contributed by atoms with Crippen molar-refractivity contribution >= 4 is 21.6 Å². The summed E-state index contributed by atoms with van der Waals surface area (Å²) < 4.78 is 29.6. The molecule has 0 aliphatic carbocycles. The van der Waals surface area contributed by atoms with Gasteiger partial charge in [0.05, 0.1) is 6.10 Å². The molecule has 1 heterocycles. The van der Waals surface area contributed by atoms with E-state index in [0.29, 0.717) is 19.7 Å². The minimum atomic E-state index is -3.22. The molecule has 1 aliphatic heterocycles. The topological polar surface area (TPSA) is 46.6 Å². The molecule has 0 bridgehead atoms. The maximum atomic E-state index is 11.4. The predicted molar refractivity (Wildman–Crippen MR) is 55.9 cm³/mol. The van der Waals surface area contributed by atoms with Gasteiger partial charge in [-0.1, -0.05) is 0 Å². The van der Waals surface area contributed by atoms with E-state index in [1.165, 1.54) is 4.31 Å². The first-order chi connectivity index (χ1) is 6.60. The first-order valence-electron chi connectivity index (χ1n) is 4.75. The van der Waals surface area contributed by atoms with Crippen LogP contribution >= 0.6 is 11.6 Å². The number of sulfonamides is 1. The highest BCUT2D eigenvalue weighted by Gasteiger charge is 2.27. The van der Waals surface area contributed by atoms with Crippen LogP contribution in [0.5, 0.6) is 0 Å². The number of ether oxygens (including phenoxy) is 1. The number of hydrogen-bond acceptors (Lipinski definition) is 3. The highest BCUT2D eigenvalue weighted by atomic mass is 35.5. The second-order valence-corrected chi connectivity index (χ2v) is 5.83. The molecule has 0 atom stereocenters. The molecule has 84 valence electrons. The van der Waals surface area contributed by atoms with Gasteiger partial charge in [0.15, 0.2) is 0 Å². The van der Waals surface area contributed by atoms with E-state index >= 15 is 0 Å². The maximum absolute atomic E-state index is 11.4. The molecule has 1 saturated heterocycles. The second-order valence-electron chi connectivity index (χ2n) is 3.27. The molecule has 0 aromatic heterocycles. The van der Waals surface area contributed by atoms with Crippen LogP contribution in [0, 0.1) is 0 Å². The Labute approximate surface area is 90.2 Å². The molecular weight excluding hydrogens is 226 g/mol. The van der Waals surface area contributed by atoms with Gasteiger partial charge < -0.3 is 4.74 Å². The van der Waals surface area contributed by atoms with Crippen molar-refractivity contribution in [2.75, 3.05) is 24.9 Å². The van der Waals surface area contributed by atoms with Gasteiger partial charge in [0, 0.05) is 19.7 Å². The zero-order valence-corrected chi connectivity index (χ0v) is 9.85. The van der Waals surface area contributed by atoms with Crippen LogP contribution in [0.4, 0.5) is 0 Å².